The molecule has 7 rings (SSSR count). The van der Waals surface area contributed by atoms with Gasteiger partial charge in [-0.1, -0.05) is 12.1 Å². The second kappa shape index (κ2) is 13.4. The van der Waals surface area contributed by atoms with Gasteiger partial charge in [0.2, 0.25) is 5.95 Å². The summed E-state index contributed by atoms with van der Waals surface area (Å²) in [4.78, 5) is 30.4. The number of likely N-dealkylation sites (N-methyl/N-ethyl adjacent to an activating group) is 1. The van der Waals surface area contributed by atoms with Crippen molar-refractivity contribution in [2.45, 2.75) is 63.1 Å². The van der Waals surface area contributed by atoms with Crippen LogP contribution in [0.3, 0.4) is 0 Å². The molecule has 254 valence electrons. The molecule has 1 aliphatic carbocycles. The minimum atomic E-state index is -0.724. The number of benzene rings is 2. The van der Waals surface area contributed by atoms with Gasteiger partial charge in [-0.25, -0.2) is 9.37 Å². The number of methoxy groups -OCH3 is 1. The van der Waals surface area contributed by atoms with Crippen molar-refractivity contribution in [3.63, 3.8) is 0 Å². The molecule has 1 saturated carbocycles. The lowest BCUT2D eigenvalue weighted by molar-refractivity contribution is 0.0106. The largest absolute Gasteiger partial charge is 0.496 e. The van der Waals surface area contributed by atoms with Crippen LogP contribution < -0.4 is 15.0 Å². The van der Waals surface area contributed by atoms with E-state index >= 15 is 4.39 Å². The van der Waals surface area contributed by atoms with Crippen LogP contribution in [0.15, 0.2) is 54.7 Å². The molecule has 0 atom stereocenters. The van der Waals surface area contributed by atoms with Crippen LogP contribution in [0.5, 0.6) is 5.75 Å². The summed E-state index contributed by atoms with van der Waals surface area (Å²) < 4.78 is 23.5. The number of hydrogen-bond acceptors (Lipinski definition) is 8. The number of ether oxygens (including phenoxy) is 1. The Morgan fingerprint density at radius 1 is 0.979 bits per heavy atom. The van der Waals surface area contributed by atoms with Crippen LogP contribution in [0, 0.1) is 5.82 Å². The van der Waals surface area contributed by atoms with Gasteiger partial charge in [0.25, 0.3) is 5.91 Å². The van der Waals surface area contributed by atoms with E-state index in [0.29, 0.717) is 36.1 Å². The normalized spacial score (nSPS) is 23.0. The van der Waals surface area contributed by atoms with Crippen LogP contribution >= 0.6 is 0 Å². The molecule has 0 bridgehead atoms. The summed E-state index contributed by atoms with van der Waals surface area (Å²) in [7, 11) is 3.72. The topological polar surface area (TPSA) is 99.0 Å². The van der Waals surface area contributed by atoms with Gasteiger partial charge in [-0.15, -0.1) is 0 Å². The third-order valence-electron chi connectivity index (χ3n) is 10.7. The SMILES string of the molecule is COc1ccccc1-c1nccc(C(=O)Nc2nc3ccc(N4CCC(N5CCN(C)CC5)CC4)cc3n2[C@H]2CC[C@@](C)(O)CC2)c1F. The fourth-order valence-corrected chi connectivity index (χ4v) is 7.71. The first kappa shape index (κ1) is 32.5. The lowest BCUT2D eigenvalue weighted by Crippen LogP contribution is -2.52. The van der Waals surface area contributed by atoms with Gasteiger partial charge in [0, 0.05) is 68.8 Å². The number of carbonyl (C=O) groups is 1. The number of aliphatic hydroxyl groups is 1. The first-order valence-electron chi connectivity index (χ1n) is 17.2. The third kappa shape index (κ3) is 6.51. The molecule has 2 N–H and O–H groups in total. The Hall–Kier alpha value is -4.06. The number of piperidine rings is 1. The number of nitrogens with zero attached hydrogens (tertiary/aromatic N) is 6. The number of piperazine rings is 1. The van der Waals surface area contributed by atoms with Gasteiger partial charge in [0.05, 0.1) is 29.3 Å². The predicted octanol–water partition coefficient (Wildman–Crippen LogP) is 5.58. The molecule has 0 spiro atoms. The average molecular weight is 656 g/mol. The maximum atomic E-state index is 16.0. The standard InChI is InChI=1S/C37H46FN7O3/c1-37(47)15-10-26(11-16-37)45-31-24-27(43-18-13-25(14-19-43)44-22-20-42(2)21-23-44)8-9-30(31)40-36(45)41-35(46)29-12-17-39-34(33(29)38)28-6-4-5-7-32(28)48-3/h4-9,12,17,24-26,47H,10-11,13-16,18-23H2,1-3H3,(H,40,41,46)/t26-,37+. The van der Waals surface area contributed by atoms with Crippen LogP contribution in [0.25, 0.3) is 22.3 Å². The number of fused-ring (bicyclic) bond motifs is 1. The highest BCUT2D eigenvalue weighted by molar-refractivity contribution is 6.05. The van der Waals surface area contributed by atoms with Gasteiger partial charge in [-0.05, 0) is 88.9 Å². The number of hydrogen-bond donors (Lipinski definition) is 2. The lowest BCUT2D eigenvalue weighted by Gasteiger charge is -2.42. The number of amides is 1. The monoisotopic (exact) mass is 655 g/mol. The second-order valence-corrected chi connectivity index (χ2v) is 13.9. The molecule has 2 aromatic heterocycles. The van der Waals surface area contributed by atoms with Crippen LogP contribution in [-0.2, 0) is 0 Å². The van der Waals surface area contributed by atoms with Crippen LogP contribution in [0.1, 0.15) is 61.8 Å². The average Bonchev–Trinajstić information content (AvgIpc) is 3.45. The zero-order chi connectivity index (χ0) is 33.4. The number of carbonyl (C=O) groups excluding carboxylic acids is 1. The molecule has 4 heterocycles. The van der Waals surface area contributed by atoms with Gasteiger partial charge in [0.15, 0.2) is 5.82 Å². The van der Waals surface area contributed by atoms with E-state index in [1.807, 2.05) is 13.0 Å². The molecule has 0 unspecified atom stereocenters. The minimum absolute atomic E-state index is 0.0233. The third-order valence-corrected chi connectivity index (χ3v) is 10.7. The molecular formula is C37H46FN7O3. The fraction of sp³-hybridized carbons (Fsp3) is 0.486. The number of halogens is 1. The van der Waals surface area contributed by atoms with Gasteiger partial charge in [-0.2, -0.15) is 0 Å². The van der Waals surface area contributed by atoms with Crippen molar-refractivity contribution < 1.29 is 19.0 Å². The molecular weight excluding hydrogens is 609 g/mol. The van der Waals surface area contributed by atoms with E-state index in [9.17, 15) is 9.90 Å². The molecule has 2 aliphatic heterocycles. The van der Waals surface area contributed by atoms with Crippen molar-refractivity contribution in [1.29, 1.82) is 0 Å². The molecule has 0 radical (unpaired) electrons. The molecule has 10 nitrogen and oxygen atoms in total. The van der Waals surface area contributed by atoms with Crippen LogP contribution in [0.2, 0.25) is 0 Å². The summed E-state index contributed by atoms with van der Waals surface area (Å²) in [6.45, 7) is 8.40. The van der Waals surface area contributed by atoms with Crippen molar-refractivity contribution in [2.75, 3.05) is 63.6 Å². The van der Waals surface area contributed by atoms with E-state index < -0.39 is 17.3 Å². The quantitative estimate of drug-likeness (QED) is 0.266. The van der Waals surface area contributed by atoms with E-state index in [2.05, 4.69) is 48.7 Å². The Bertz CT molecular complexity index is 1770. The Kier molecular flexibility index (Phi) is 9.10. The summed E-state index contributed by atoms with van der Waals surface area (Å²) >= 11 is 0. The first-order valence-corrected chi connectivity index (χ1v) is 17.2. The molecule has 48 heavy (non-hydrogen) atoms. The Morgan fingerprint density at radius 2 is 1.71 bits per heavy atom. The molecule has 11 heteroatoms. The molecule has 4 aromatic rings. The van der Waals surface area contributed by atoms with E-state index in [1.54, 1.807) is 24.3 Å². The minimum Gasteiger partial charge on any atom is -0.496 e. The molecule has 2 aromatic carbocycles. The van der Waals surface area contributed by atoms with Crippen molar-refractivity contribution in [2.24, 2.45) is 0 Å². The number of nitrogens with one attached hydrogen (secondary N) is 1. The zero-order valence-corrected chi connectivity index (χ0v) is 28.2. The summed E-state index contributed by atoms with van der Waals surface area (Å²) in [6, 6.07) is 15.4. The molecule has 2 saturated heterocycles. The van der Waals surface area contributed by atoms with Crippen molar-refractivity contribution >= 4 is 28.6 Å². The van der Waals surface area contributed by atoms with Gasteiger partial charge >= 0.3 is 0 Å². The number of pyridine rings is 1. The second-order valence-electron chi connectivity index (χ2n) is 13.9. The molecule has 3 fully saturated rings. The highest BCUT2D eigenvalue weighted by Gasteiger charge is 2.33. The number of para-hydroxylation sites is 1. The number of anilines is 2. The van der Waals surface area contributed by atoms with Crippen LogP contribution in [-0.4, -0.2) is 100 Å². The Morgan fingerprint density at radius 3 is 2.44 bits per heavy atom. The lowest BCUT2D eigenvalue weighted by atomic mass is 9.83. The Labute approximate surface area is 281 Å². The maximum absolute atomic E-state index is 16.0. The van der Waals surface area contributed by atoms with Gasteiger partial charge in [-0.3, -0.25) is 20.0 Å². The number of rotatable bonds is 7. The number of imidazole rings is 1. The van der Waals surface area contributed by atoms with Crippen LogP contribution in [0.4, 0.5) is 16.0 Å². The highest BCUT2D eigenvalue weighted by Crippen LogP contribution is 2.40. The van der Waals surface area contributed by atoms with E-state index in [0.717, 1.165) is 81.7 Å². The number of aromatic nitrogens is 3. The van der Waals surface area contributed by atoms with Gasteiger partial charge in [0.1, 0.15) is 11.4 Å². The first-order chi connectivity index (χ1) is 23.2. The molecule has 1 amide bonds. The molecule has 3 aliphatic rings. The van der Waals surface area contributed by atoms with E-state index in [4.69, 9.17) is 9.72 Å². The zero-order valence-electron chi connectivity index (χ0n) is 28.2. The van der Waals surface area contributed by atoms with Crippen molar-refractivity contribution in [1.82, 2.24) is 24.3 Å². The smallest absolute Gasteiger partial charge is 0.261 e. The van der Waals surface area contributed by atoms with Crippen molar-refractivity contribution in [3.05, 3.63) is 66.1 Å². The van der Waals surface area contributed by atoms with E-state index in [1.165, 1.54) is 19.4 Å². The summed E-state index contributed by atoms with van der Waals surface area (Å²) in [6.07, 6.45) is 6.47. The summed E-state index contributed by atoms with van der Waals surface area (Å²) in [5.74, 6) is -0.479. The fourth-order valence-electron chi connectivity index (χ4n) is 7.71. The van der Waals surface area contributed by atoms with E-state index in [-0.39, 0.29) is 17.3 Å². The maximum Gasteiger partial charge on any atom is 0.261 e. The van der Waals surface area contributed by atoms with Gasteiger partial charge < -0.3 is 24.2 Å². The highest BCUT2D eigenvalue weighted by atomic mass is 19.1. The Balaban J connectivity index is 1.17. The summed E-state index contributed by atoms with van der Waals surface area (Å²) in [5, 5.41) is 13.7. The summed E-state index contributed by atoms with van der Waals surface area (Å²) in [5.41, 5.74) is 2.51. The van der Waals surface area contributed by atoms with Crippen molar-refractivity contribution in [3.8, 4) is 17.0 Å². The predicted molar refractivity (Wildman–Crippen MR) is 186 cm³/mol.